The van der Waals surface area contributed by atoms with Gasteiger partial charge in [0, 0.05) is 10.6 Å². The molecule has 2 rings (SSSR count). The number of carbonyl (C=O) groups excluding carboxylic acids is 1. The van der Waals surface area contributed by atoms with Crippen molar-refractivity contribution in [2.45, 2.75) is 6.92 Å². The van der Waals surface area contributed by atoms with E-state index in [4.69, 9.17) is 16.7 Å². The van der Waals surface area contributed by atoms with Gasteiger partial charge >= 0.3 is 5.97 Å². The first kappa shape index (κ1) is 15.0. The highest BCUT2D eigenvalue weighted by Gasteiger charge is 2.14. The summed E-state index contributed by atoms with van der Waals surface area (Å²) in [6.45, 7) is 1.73. The fourth-order valence-corrected chi connectivity index (χ4v) is 1.95. The van der Waals surface area contributed by atoms with E-state index in [-0.39, 0.29) is 11.3 Å². The predicted molar refractivity (Wildman–Crippen MR) is 77.5 cm³/mol. The van der Waals surface area contributed by atoms with Crippen molar-refractivity contribution in [1.29, 1.82) is 0 Å². The van der Waals surface area contributed by atoms with Gasteiger partial charge in [0.05, 0.1) is 11.3 Å². The molecule has 2 N–H and O–H groups in total. The molecule has 0 aromatic heterocycles. The smallest absolute Gasteiger partial charge is 0.335 e. The minimum atomic E-state index is -1.24. The minimum absolute atomic E-state index is 0.0932. The van der Waals surface area contributed by atoms with Gasteiger partial charge in [0.15, 0.2) is 0 Å². The summed E-state index contributed by atoms with van der Waals surface area (Å²) >= 11 is 5.83. The van der Waals surface area contributed by atoms with Crippen LogP contribution in [0, 0.1) is 12.7 Å². The number of rotatable bonds is 3. The number of carboxylic acids is 1. The number of benzene rings is 2. The lowest BCUT2D eigenvalue weighted by Gasteiger charge is -2.09. The van der Waals surface area contributed by atoms with Crippen molar-refractivity contribution in [3.05, 3.63) is 63.9 Å². The summed E-state index contributed by atoms with van der Waals surface area (Å²) in [5, 5.41) is 11.5. The lowest BCUT2D eigenvalue weighted by Crippen LogP contribution is -2.14. The molecule has 6 heteroatoms. The first-order chi connectivity index (χ1) is 9.88. The minimum Gasteiger partial charge on any atom is -0.478 e. The molecule has 0 bridgehead atoms. The molecule has 0 aliphatic carbocycles. The Hall–Kier alpha value is -2.40. The summed E-state index contributed by atoms with van der Waals surface area (Å²) in [7, 11) is 0. The largest absolute Gasteiger partial charge is 0.478 e. The second-order valence-electron chi connectivity index (χ2n) is 4.41. The van der Waals surface area contributed by atoms with Crippen LogP contribution in [-0.2, 0) is 0 Å². The van der Waals surface area contributed by atoms with Crippen LogP contribution in [0.2, 0.25) is 5.02 Å². The maximum absolute atomic E-state index is 13.8. The van der Waals surface area contributed by atoms with E-state index in [1.807, 2.05) is 0 Å². The molecule has 2 aromatic rings. The van der Waals surface area contributed by atoms with E-state index in [9.17, 15) is 14.0 Å². The fraction of sp³-hybridized carbons (Fsp3) is 0.0667. The van der Waals surface area contributed by atoms with E-state index in [2.05, 4.69) is 5.32 Å². The maximum Gasteiger partial charge on any atom is 0.335 e. The van der Waals surface area contributed by atoms with E-state index in [1.54, 1.807) is 19.1 Å². The highest BCUT2D eigenvalue weighted by Crippen LogP contribution is 2.20. The number of aryl methyl sites for hydroxylation is 1. The first-order valence-corrected chi connectivity index (χ1v) is 6.36. The molecule has 4 nitrogen and oxygen atoms in total. The zero-order valence-electron chi connectivity index (χ0n) is 11.0. The Morgan fingerprint density at radius 2 is 1.90 bits per heavy atom. The second-order valence-corrected chi connectivity index (χ2v) is 4.85. The van der Waals surface area contributed by atoms with Crippen molar-refractivity contribution in [2.24, 2.45) is 0 Å². The van der Waals surface area contributed by atoms with E-state index < -0.39 is 17.7 Å². The first-order valence-electron chi connectivity index (χ1n) is 5.99. The Bertz CT molecular complexity index is 731. The van der Waals surface area contributed by atoms with Crippen LogP contribution in [0.5, 0.6) is 0 Å². The number of carbonyl (C=O) groups is 2. The molecule has 0 radical (unpaired) electrons. The van der Waals surface area contributed by atoms with Crippen molar-refractivity contribution in [1.82, 2.24) is 0 Å². The normalized spacial score (nSPS) is 10.2. The summed E-state index contributed by atoms with van der Waals surface area (Å²) in [6.07, 6.45) is 0. The molecule has 0 fully saturated rings. The zero-order chi connectivity index (χ0) is 15.6. The summed E-state index contributed by atoms with van der Waals surface area (Å²) in [6, 6.07) is 8.08. The molecule has 0 saturated heterocycles. The van der Waals surface area contributed by atoms with Crippen molar-refractivity contribution in [3.63, 3.8) is 0 Å². The average molecular weight is 308 g/mol. The molecule has 0 spiro atoms. The summed E-state index contributed by atoms with van der Waals surface area (Å²) < 4.78 is 13.8. The molecule has 0 unspecified atom stereocenters. The van der Waals surface area contributed by atoms with Crippen LogP contribution in [0.25, 0.3) is 0 Å². The molecule has 2 aromatic carbocycles. The summed E-state index contributed by atoms with van der Waals surface area (Å²) in [5.41, 5.74) is 0.734. The number of carboxylic acid groups (broad SMARTS) is 1. The highest BCUT2D eigenvalue weighted by molar-refractivity contribution is 6.31. The van der Waals surface area contributed by atoms with Crippen LogP contribution < -0.4 is 5.32 Å². The molecule has 0 saturated carbocycles. The Balaban J connectivity index is 2.27. The molecule has 0 heterocycles. The maximum atomic E-state index is 13.8. The number of hydrogen-bond acceptors (Lipinski definition) is 2. The van der Waals surface area contributed by atoms with Crippen LogP contribution in [0.3, 0.4) is 0 Å². The van der Waals surface area contributed by atoms with E-state index in [1.165, 1.54) is 18.2 Å². The van der Waals surface area contributed by atoms with E-state index in [0.717, 1.165) is 6.07 Å². The number of halogens is 2. The SMILES string of the molecule is Cc1ccc(Cl)cc1C(=O)Nc1ccc(C(=O)O)cc1F. The fourth-order valence-electron chi connectivity index (χ4n) is 1.78. The zero-order valence-corrected chi connectivity index (χ0v) is 11.7. The van der Waals surface area contributed by atoms with Crippen molar-refractivity contribution < 1.29 is 19.1 Å². The van der Waals surface area contributed by atoms with Crippen molar-refractivity contribution in [3.8, 4) is 0 Å². The van der Waals surface area contributed by atoms with Gasteiger partial charge in [-0.1, -0.05) is 17.7 Å². The van der Waals surface area contributed by atoms with Gasteiger partial charge in [0.1, 0.15) is 5.82 Å². The van der Waals surface area contributed by atoms with Crippen molar-refractivity contribution in [2.75, 3.05) is 5.32 Å². The van der Waals surface area contributed by atoms with E-state index in [0.29, 0.717) is 16.1 Å². The van der Waals surface area contributed by atoms with Gasteiger partial charge in [-0.05, 0) is 42.8 Å². The van der Waals surface area contributed by atoms with Crippen LogP contribution in [0.4, 0.5) is 10.1 Å². The van der Waals surface area contributed by atoms with Gasteiger partial charge in [-0.3, -0.25) is 4.79 Å². The molecule has 0 aliphatic rings. The average Bonchev–Trinajstić information content (AvgIpc) is 2.43. The summed E-state index contributed by atoms with van der Waals surface area (Å²) in [4.78, 5) is 22.8. The Morgan fingerprint density at radius 3 is 2.52 bits per heavy atom. The number of nitrogens with one attached hydrogen (secondary N) is 1. The third-order valence-corrected chi connectivity index (χ3v) is 3.14. The van der Waals surface area contributed by atoms with Gasteiger partial charge < -0.3 is 10.4 Å². The molecule has 108 valence electrons. The van der Waals surface area contributed by atoms with Crippen LogP contribution >= 0.6 is 11.6 Å². The lowest BCUT2D eigenvalue weighted by molar-refractivity contribution is 0.0696. The molecule has 0 atom stereocenters. The molecule has 21 heavy (non-hydrogen) atoms. The third-order valence-electron chi connectivity index (χ3n) is 2.91. The number of anilines is 1. The molecule has 1 amide bonds. The Labute approximate surface area is 125 Å². The van der Waals surface area contributed by atoms with Crippen molar-refractivity contribution >= 4 is 29.2 Å². The van der Waals surface area contributed by atoms with Gasteiger partial charge in [-0.25, -0.2) is 9.18 Å². The number of hydrogen-bond donors (Lipinski definition) is 2. The van der Waals surface area contributed by atoms with Gasteiger partial charge in [-0.2, -0.15) is 0 Å². The second kappa shape index (κ2) is 5.93. The molecular formula is C15H11ClFNO3. The van der Waals surface area contributed by atoms with Gasteiger partial charge in [0.25, 0.3) is 5.91 Å². The monoisotopic (exact) mass is 307 g/mol. The quantitative estimate of drug-likeness (QED) is 0.907. The standard InChI is InChI=1S/C15H11ClFNO3/c1-8-2-4-10(16)7-11(8)14(19)18-13-5-3-9(15(20)21)6-12(13)17/h2-7H,1H3,(H,18,19)(H,20,21). The van der Waals surface area contributed by atoms with Crippen LogP contribution in [-0.4, -0.2) is 17.0 Å². The Kier molecular flexibility index (Phi) is 4.23. The predicted octanol–water partition coefficient (Wildman–Crippen LogP) is 3.74. The molecule has 0 aliphatic heterocycles. The topological polar surface area (TPSA) is 66.4 Å². The Morgan fingerprint density at radius 1 is 1.19 bits per heavy atom. The molecular weight excluding hydrogens is 297 g/mol. The number of amides is 1. The van der Waals surface area contributed by atoms with Gasteiger partial charge in [0.2, 0.25) is 0 Å². The van der Waals surface area contributed by atoms with Crippen LogP contribution in [0.15, 0.2) is 36.4 Å². The number of aromatic carboxylic acids is 1. The van der Waals surface area contributed by atoms with Crippen LogP contribution in [0.1, 0.15) is 26.3 Å². The van der Waals surface area contributed by atoms with Gasteiger partial charge in [-0.15, -0.1) is 0 Å². The third kappa shape index (κ3) is 3.38. The summed E-state index contributed by atoms with van der Waals surface area (Å²) in [5.74, 6) is -2.57. The lowest BCUT2D eigenvalue weighted by atomic mass is 10.1. The highest BCUT2D eigenvalue weighted by atomic mass is 35.5. The van der Waals surface area contributed by atoms with E-state index >= 15 is 0 Å².